The van der Waals surface area contributed by atoms with Gasteiger partial charge >= 0.3 is 0 Å². The molecule has 2 heterocycles. The molecule has 0 spiro atoms. The van der Waals surface area contributed by atoms with Gasteiger partial charge in [-0.1, -0.05) is 12.1 Å². The number of hydrogen-bond acceptors (Lipinski definition) is 5. The first kappa shape index (κ1) is 19.6. The summed E-state index contributed by atoms with van der Waals surface area (Å²) in [6, 6.07) is 5.99. The second-order valence-corrected chi connectivity index (χ2v) is 9.27. The van der Waals surface area contributed by atoms with Crippen LogP contribution in [0.3, 0.4) is 0 Å². The Morgan fingerprint density at radius 2 is 2.04 bits per heavy atom. The molecular formula is C20H23N3O2S2. The average Bonchev–Trinajstić information content (AvgIpc) is 2.90. The molecule has 0 fully saturated rings. The van der Waals surface area contributed by atoms with Crippen molar-refractivity contribution in [1.82, 2.24) is 9.97 Å². The number of aromatic nitrogens is 2. The van der Waals surface area contributed by atoms with E-state index in [1.807, 2.05) is 52.8 Å². The van der Waals surface area contributed by atoms with Gasteiger partial charge in [0.1, 0.15) is 10.7 Å². The molecular weight excluding hydrogens is 378 g/mol. The topological polar surface area (TPSA) is 74.8 Å². The standard InChI is InChI=1S/C20H23N3O2S2/c1-10-6-7-11(2)15(8-10)21-18(24)14(5)26-9-16-22-19(25)17-12(3)13(4)27-20(17)23-16/h6-8,14H,9H2,1-5H3,(H,21,24)(H,22,23,25). The van der Waals surface area contributed by atoms with Crippen LogP contribution in [-0.4, -0.2) is 21.1 Å². The predicted molar refractivity (Wildman–Crippen MR) is 115 cm³/mol. The number of amides is 1. The van der Waals surface area contributed by atoms with Crippen molar-refractivity contribution >= 4 is 44.9 Å². The number of nitrogens with one attached hydrogen (secondary N) is 2. The number of benzene rings is 1. The number of thiophene rings is 1. The maximum Gasteiger partial charge on any atom is 0.259 e. The van der Waals surface area contributed by atoms with E-state index in [2.05, 4.69) is 15.3 Å². The first-order chi connectivity index (χ1) is 12.8. The van der Waals surface area contributed by atoms with Crippen LogP contribution >= 0.6 is 23.1 Å². The van der Waals surface area contributed by atoms with E-state index >= 15 is 0 Å². The summed E-state index contributed by atoms with van der Waals surface area (Å²) in [6.07, 6.45) is 0. The van der Waals surface area contributed by atoms with Crippen molar-refractivity contribution in [3.05, 3.63) is 55.9 Å². The number of fused-ring (bicyclic) bond motifs is 1. The Hall–Kier alpha value is -2.12. The molecule has 0 aliphatic rings. The fourth-order valence-corrected chi connectivity index (χ4v) is 4.56. The number of H-pyrrole nitrogens is 1. The third-order valence-electron chi connectivity index (χ3n) is 4.58. The molecule has 142 valence electrons. The molecule has 0 saturated heterocycles. The molecule has 1 aromatic carbocycles. The van der Waals surface area contributed by atoms with Crippen LogP contribution in [0.15, 0.2) is 23.0 Å². The van der Waals surface area contributed by atoms with E-state index in [1.54, 1.807) is 0 Å². The predicted octanol–water partition coefficient (Wildman–Crippen LogP) is 4.48. The summed E-state index contributed by atoms with van der Waals surface area (Å²) < 4.78 is 0. The van der Waals surface area contributed by atoms with E-state index in [0.717, 1.165) is 32.1 Å². The van der Waals surface area contributed by atoms with Gasteiger partial charge in [-0.05, 0) is 57.4 Å². The highest BCUT2D eigenvalue weighted by Crippen LogP contribution is 2.27. The summed E-state index contributed by atoms with van der Waals surface area (Å²) in [6.45, 7) is 9.77. The van der Waals surface area contributed by atoms with Crippen LogP contribution in [0.4, 0.5) is 5.69 Å². The van der Waals surface area contributed by atoms with Crippen molar-refractivity contribution < 1.29 is 4.79 Å². The molecule has 0 radical (unpaired) electrons. The second kappa shape index (κ2) is 7.86. The molecule has 7 heteroatoms. The quantitative estimate of drug-likeness (QED) is 0.661. The van der Waals surface area contributed by atoms with E-state index in [1.165, 1.54) is 23.1 Å². The van der Waals surface area contributed by atoms with E-state index < -0.39 is 0 Å². The number of anilines is 1. The normalized spacial score (nSPS) is 12.3. The lowest BCUT2D eigenvalue weighted by molar-refractivity contribution is -0.115. The number of carbonyl (C=O) groups is 1. The zero-order chi connectivity index (χ0) is 19.7. The summed E-state index contributed by atoms with van der Waals surface area (Å²) in [5.41, 5.74) is 3.86. The Morgan fingerprint density at radius 1 is 1.30 bits per heavy atom. The maximum atomic E-state index is 12.5. The highest BCUT2D eigenvalue weighted by Gasteiger charge is 2.17. The number of aromatic amines is 1. The smallest absolute Gasteiger partial charge is 0.259 e. The van der Waals surface area contributed by atoms with Gasteiger partial charge in [0.2, 0.25) is 5.91 Å². The largest absolute Gasteiger partial charge is 0.325 e. The molecule has 2 N–H and O–H groups in total. The van der Waals surface area contributed by atoms with Crippen molar-refractivity contribution in [2.75, 3.05) is 5.32 Å². The minimum absolute atomic E-state index is 0.0556. The lowest BCUT2D eigenvalue weighted by Gasteiger charge is -2.14. The zero-order valence-corrected chi connectivity index (χ0v) is 17.7. The fraction of sp³-hybridized carbons (Fsp3) is 0.350. The van der Waals surface area contributed by atoms with Gasteiger partial charge in [-0.15, -0.1) is 23.1 Å². The van der Waals surface area contributed by atoms with E-state index in [9.17, 15) is 9.59 Å². The third kappa shape index (κ3) is 4.25. The van der Waals surface area contributed by atoms with Crippen LogP contribution in [-0.2, 0) is 10.5 Å². The van der Waals surface area contributed by atoms with Gasteiger partial charge < -0.3 is 10.3 Å². The van der Waals surface area contributed by atoms with Gasteiger partial charge in [-0.2, -0.15) is 0 Å². The van der Waals surface area contributed by atoms with Gasteiger partial charge in [0.15, 0.2) is 0 Å². The number of aryl methyl sites for hydroxylation is 4. The first-order valence-corrected chi connectivity index (χ1v) is 10.6. The van der Waals surface area contributed by atoms with Crippen LogP contribution in [0, 0.1) is 27.7 Å². The van der Waals surface area contributed by atoms with Crippen LogP contribution in [0.2, 0.25) is 0 Å². The Labute approximate surface area is 166 Å². The van der Waals surface area contributed by atoms with E-state index in [4.69, 9.17) is 0 Å². The number of carbonyl (C=O) groups excluding carboxylic acids is 1. The molecule has 0 aliphatic heterocycles. The first-order valence-electron chi connectivity index (χ1n) is 8.75. The molecule has 27 heavy (non-hydrogen) atoms. The van der Waals surface area contributed by atoms with Gasteiger partial charge in [0.25, 0.3) is 5.56 Å². The molecule has 3 rings (SSSR count). The number of nitrogens with zero attached hydrogens (tertiary/aromatic N) is 1. The lowest BCUT2D eigenvalue weighted by atomic mass is 10.1. The van der Waals surface area contributed by atoms with Crippen molar-refractivity contribution in [3.63, 3.8) is 0 Å². The minimum Gasteiger partial charge on any atom is -0.325 e. The molecule has 5 nitrogen and oxygen atoms in total. The maximum absolute atomic E-state index is 12.5. The van der Waals surface area contributed by atoms with Crippen molar-refractivity contribution in [1.29, 1.82) is 0 Å². The summed E-state index contributed by atoms with van der Waals surface area (Å²) >= 11 is 2.99. The van der Waals surface area contributed by atoms with Crippen LogP contribution in [0.1, 0.15) is 34.3 Å². The summed E-state index contributed by atoms with van der Waals surface area (Å²) in [4.78, 5) is 34.1. The molecule has 0 saturated carbocycles. The van der Waals surface area contributed by atoms with Gasteiger partial charge in [-0.3, -0.25) is 9.59 Å². The van der Waals surface area contributed by atoms with Crippen LogP contribution in [0.25, 0.3) is 10.2 Å². The average molecular weight is 402 g/mol. The summed E-state index contributed by atoms with van der Waals surface area (Å²) in [5, 5.41) is 3.40. The summed E-state index contributed by atoms with van der Waals surface area (Å²) in [7, 11) is 0. The fourth-order valence-electron chi connectivity index (χ4n) is 2.75. The molecule has 1 unspecified atom stereocenters. The molecule has 0 bridgehead atoms. The molecule has 2 aromatic heterocycles. The highest BCUT2D eigenvalue weighted by atomic mass is 32.2. The number of thioether (sulfide) groups is 1. The zero-order valence-electron chi connectivity index (χ0n) is 16.1. The molecule has 0 aliphatic carbocycles. The van der Waals surface area contributed by atoms with Gasteiger partial charge in [0, 0.05) is 10.6 Å². The van der Waals surface area contributed by atoms with Gasteiger partial charge in [0.05, 0.1) is 16.4 Å². The highest BCUT2D eigenvalue weighted by molar-refractivity contribution is 7.99. The Kier molecular flexibility index (Phi) is 5.72. The minimum atomic E-state index is -0.266. The van der Waals surface area contributed by atoms with Crippen LogP contribution in [0.5, 0.6) is 0 Å². The van der Waals surface area contributed by atoms with Crippen molar-refractivity contribution in [3.8, 4) is 0 Å². The molecule has 1 atom stereocenters. The van der Waals surface area contributed by atoms with E-state index in [-0.39, 0.29) is 16.7 Å². The molecule has 3 aromatic rings. The second-order valence-electron chi connectivity index (χ2n) is 6.74. The van der Waals surface area contributed by atoms with E-state index in [0.29, 0.717) is 17.0 Å². The Morgan fingerprint density at radius 3 is 2.78 bits per heavy atom. The molecule has 1 amide bonds. The SMILES string of the molecule is Cc1ccc(C)c(NC(=O)C(C)SCc2nc3sc(C)c(C)c3c(=O)[nH]2)c1. The monoisotopic (exact) mass is 401 g/mol. The Balaban J connectivity index is 1.69. The van der Waals surface area contributed by atoms with Gasteiger partial charge in [-0.25, -0.2) is 4.98 Å². The number of rotatable bonds is 5. The summed E-state index contributed by atoms with van der Waals surface area (Å²) in [5.74, 6) is 1.02. The third-order valence-corrected chi connectivity index (χ3v) is 6.83. The lowest BCUT2D eigenvalue weighted by Crippen LogP contribution is -2.23. The number of hydrogen-bond donors (Lipinski definition) is 2. The van der Waals surface area contributed by atoms with Crippen molar-refractivity contribution in [2.24, 2.45) is 0 Å². The van der Waals surface area contributed by atoms with Crippen molar-refractivity contribution in [2.45, 2.75) is 45.6 Å². The Bertz CT molecular complexity index is 1070. The van der Waals surface area contributed by atoms with Crippen LogP contribution < -0.4 is 10.9 Å².